The number of hydrogen-bond acceptors (Lipinski definition) is 6. The van der Waals surface area contributed by atoms with Crippen molar-refractivity contribution in [1.29, 1.82) is 0 Å². The van der Waals surface area contributed by atoms with Crippen molar-refractivity contribution in [3.05, 3.63) is 72.9 Å². The van der Waals surface area contributed by atoms with Crippen molar-refractivity contribution in [2.45, 2.75) is 25.7 Å². The Morgan fingerprint density at radius 1 is 1.14 bits per heavy atom. The number of hydrogen-bond donors (Lipinski definition) is 2. The molecule has 7 nitrogen and oxygen atoms in total. The molecule has 2 N–H and O–H groups in total. The standard InChI is InChI=1S/C28H29N7/c1-3-5-6-18(4-2)22-16-32-27-24(22)20(9-10-31-27)26-33-23-17-30-15-21(19-7-8-19)25(23)28(34-26)35-13-11-29-12-14-35/h3-6,9-10,15-17,19,29H,2,7-8,11-14H2,1H3,(H,31,32)/b5-3-,18-6+. The van der Waals surface area contributed by atoms with Crippen molar-refractivity contribution in [2.24, 2.45) is 0 Å². The van der Waals surface area contributed by atoms with E-state index in [9.17, 15) is 0 Å². The number of aromatic nitrogens is 5. The zero-order valence-electron chi connectivity index (χ0n) is 20.0. The number of rotatable bonds is 6. The highest BCUT2D eigenvalue weighted by molar-refractivity contribution is 6.03. The average molecular weight is 464 g/mol. The molecule has 1 aliphatic carbocycles. The fraction of sp³-hybridized carbons (Fsp3) is 0.286. The number of piperazine rings is 1. The van der Waals surface area contributed by atoms with Gasteiger partial charge in [0, 0.05) is 66.7 Å². The first-order valence-corrected chi connectivity index (χ1v) is 12.3. The second kappa shape index (κ2) is 9.07. The molecule has 35 heavy (non-hydrogen) atoms. The van der Waals surface area contributed by atoms with E-state index in [1.165, 1.54) is 18.4 Å². The second-order valence-electron chi connectivity index (χ2n) is 9.14. The topological polar surface area (TPSA) is 82.6 Å². The Morgan fingerprint density at radius 2 is 2.00 bits per heavy atom. The van der Waals surface area contributed by atoms with Gasteiger partial charge in [-0.25, -0.2) is 15.0 Å². The summed E-state index contributed by atoms with van der Waals surface area (Å²) in [5, 5.41) is 5.62. The Morgan fingerprint density at radius 3 is 2.77 bits per heavy atom. The van der Waals surface area contributed by atoms with Gasteiger partial charge in [0.05, 0.1) is 11.7 Å². The van der Waals surface area contributed by atoms with E-state index >= 15 is 0 Å². The Kier molecular flexibility index (Phi) is 5.62. The maximum atomic E-state index is 5.24. The molecule has 0 amide bonds. The highest BCUT2D eigenvalue weighted by atomic mass is 15.2. The number of pyridine rings is 2. The molecule has 0 bridgehead atoms. The molecular weight excluding hydrogens is 434 g/mol. The van der Waals surface area contributed by atoms with E-state index in [0.717, 1.165) is 70.6 Å². The molecule has 4 aromatic heterocycles. The zero-order chi connectivity index (χ0) is 23.8. The van der Waals surface area contributed by atoms with Gasteiger partial charge in [0.15, 0.2) is 5.82 Å². The van der Waals surface area contributed by atoms with Crippen LogP contribution in [0.3, 0.4) is 0 Å². The minimum Gasteiger partial charge on any atom is -0.353 e. The third-order valence-electron chi connectivity index (χ3n) is 6.86. The lowest BCUT2D eigenvalue weighted by Gasteiger charge is -2.30. The second-order valence-corrected chi connectivity index (χ2v) is 9.14. The Labute approximate surface area is 204 Å². The predicted octanol–water partition coefficient (Wildman–Crippen LogP) is 5.00. The fourth-order valence-electron chi connectivity index (χ4n) is 4.96. The smallest absolute Gasteiger partial charge is 0.163 e. The van der Waals surface area contributed by atoms with Crippen LogP contribution in [0, 0.1) is 0 Å². The third kappa shape index (κ3) is 3.91. The molecule has 0 spiro atoms. The van der Waals surface area contributed by atoms with Crippen molar-refractivity contribution in [2.75, 3.05) is 31.1 Å². The van der Waals surface area contributed by atoms with E-state index in [1.54, 1.807) is 0 Å². The van der Waals surface area contributed by atoms with Crippen LogP contribution in [0.2, 0.25) is 0 Å². The number of nitrogens with one attached hydrogen (secondary N) is 2. The van der Waals surface area contributed by atoms with Crippen LogP contribution in [0.25, 0.3) is 38.9 Å². The van der Waals surface area contributed by atoms with Crippen LogP contribution in [0.1, 0.15) is 36.8 Å². The first kappa shape index (κ1) is 21.7. The SMILES string of the molecule is C=C/C(=C\C=C/C)c1c[nH]c2nccc(-c3nc(N4CCNCC4)c4c(C5CC5)cncc4n3)c12. The first-order valence-electron chi connectivity index (χ1n) is 12.3. The van der Waals surface area contributed by atoms with Gasteiger partial charge in [-0.05, 0) is 42.9 Å². The van der Waals surface area contributed by atoms with Gasteiger partial charge in [0.1, 0.15) is 11.5 Å². The summed E-state index contributed by atoms with van der Waals surface area (Å²) in [5.41, 5.74) is 6.01. The summed E-state index contributed by atoms with van der Waals surface area (Å²) in [6, 6.07) is 2.01. The molecule has 7 heteroatoms. The number of nitrogens with zero attached hydrogens (tertiary/aromatic N) is 5. The molecule has 1 aliphatic heterocycles. The van der Waals surface area contributed by atoms with Crippen molar-refractivity contribution >= 4 is 33.3 Å². The average Bonchev–Trinajstić information content (AvgIpc) is 3.67. The number of aromatic amines is 1. The largest absolute Gasteiger partial charge is 0.353 e. The van der Waals surface area contributed by atoms with Gasteiger partial charge >= 0.3 is 0 Å². The molecule has 5 heterocycles. The van der Waals surface area contributed by atoms with E-state index in [0.29, 0.717) is 11.7 Å². The normalized spacial score (nSPS) is 17.1. The molecule has 0 aromatic carbocycles. The van der Waals surface area contributed by atoms with Gasteiger partial charge in [0.25, 0.3) is 0 Å². The Hall–Kier alpha value is -3.84. The Balaban J connectivity index is 1.60. The lowest BCUT2D eigenvalue weighted by atomic mass is 10.0. The highest BCUT2D eigenvalue weighted by Crippen LogP contribution is 2.45. The molecule has 0 radical (unpaired) electrons. The zero-order valence-corrected chi connectivity index (χ0v) is 20.0. The van der Waals surface area contributed by atoms with Gasteiger partial charge in [0.2, 0.25) is 0 Å². The number of H-pyrrole nitrogens is 1. The summed E-state index contributed by atoms with van der Waals surface area (Å²) in [6.45, 7) is 9.79. The van der Waals surface area contributed by atoms with E-state index in [4.69, 9.17) is 9.97 Å². The molecular formula is C28H29N7. The van der Waals surface area contributed by atoms with Crippen LogP contribution in [-0.2, 0) is 0 Å². The highest BCUT2D eigenvalue weighted by Gasteiger charge is 2.29. The van der Waals surface area contributed by atoms with Crippen LogP contribution >= 0.6 is 0 Å². The van der Waals surface area contributed by atoms with Gasteiger partial charge in [-0.15, -0.1) is 0 Å². The minimum atomic E-state index is 0.568. The van der Waals surface area contributed by atoms with E-state index in [1.807, 2.05) is 56.0 Å². The summed E-state index contributed by atoms with van der Waals surface area (Å²) < 4.78 is 0. The lowest BCUT2D eigenvalue weighted by molar-refractivity contribution is 0.586. The number of fused-ring (bicyclic) bond motifs is 2. The van der Waals surface area contributed by atoms with Gasteiger partial charge in [-0.3, -0.25) is 4.98 Å². The summed E-state index contributed by atoms with van der Waals surface area (Å²) in [5.74, 6) is 2.29. The van der Waals surface area contributed by atoms with Gasteiger partial charge < -0.3 is 15.2 Å². The van der Waals surface area contributed by atoms with Crippen molar-refractivity contribution < 1.29 is 0 Å². The van der Waals surface area contributed by atoms with E-state index in [-0.39, 0.29) is 0 Å². The molecule has 6 rings (SSSR count). The van der Waals surface area contributed by atoms with Gasteiger partial charge in [-0.2, -0.15) is 0 Å². The predicted molar refractivity (Wildman–Crippen MR) is 142 cm³/mol. The molecule has 0 unspecified atom stereocenters. The van der Waals surface area contributed by atoms with Gasteiger partial charge in [-0.1, -0.05) is 30.9 Å². The lowest BCUT2D eigenvalue weighted by Crippen LogP contribution is -2.44. The van der Waals surface area contributed by atoms with Crippen LogP contribution in [-0.4, -0.2) is 51.1 Å². The molecule has 0 atom stereocenters. The monoisotopic (exact) mass is 463 g/mol. The molecule has 2 aliphatic rings. The fourth-order valence-corrected chi connectivity index (χ4v) is 4.96. The number of anilines is 1. The molecule has 176 valence electrons. The summed E-state index contributed by atoms with van der Waals surface area (Å²) in [6.07, 6.45) is 18.1. The molecule has 1 saturated heterocycles. The first-order chi connectivity index (χ1) is 17.3. The summed E-state index contributed by atoms with van der Waals surface area (Å²) in [4.78, 5) is 25.2. The van der Waals surface area contributed by atoms with E-state index < -0.39 is 0 Å². The van der Waals surface area contributed by atoms with Crippen LogP contribution in [0.5, 0.6) is 0 Å². The summed E-state index contributed by atoms with van der Waals surface area (Å²) >= 11 is 0. The number of allylic oxidation sites excluding steroid dienone is 5. The van der Waals surface area contributed by atoms with E-state index in [2.05, 4.69) is 37.8 Å². The van der Waals surface area contributed by atoms with Crippen molar-refractivity contribution in [3.63, 3.8) is 0 Å². The Bertz CT molecular complexity index is 1470. The van der Waals surface area contributed by atoms with Crippen molar-refractivity contribution in [3.8, 4) is 11.4 Å². The molecule has 1 saturated carbocycles. The minimum absolute atomic E-state index is 0.568. The third-order valence-corrected chi connectivity index (χ3v) is 6.86. The van der Waals surface area contributed by atoms with Crippen LogP contribution < -0.4 is 10.2 Å². The summed E-state index contributed by atoms with van der Waals surface area (Å²) in [7, 11) is 0. The molecule has 2 fully saturated rings. The van der Waals surface area contributed by atoms with Crippen LogP contribution in [0.4, 0.5) is 5.82 Å². The maximum Gasteiger partial charge on any atom is 0.163 e. The maximum absolute atomic E-state index is 5.24. The quantitative estimate of drug-likeness (QED) is 0.392. The molecule has 4 aromatic rings. The van der Waals surface area contributed by atoms with Crippen LogP contribution in [0.15, 0.2) is 61.7 Å². The van der Waals surface area contributed by atoms with Crippen molar-refractivity contribution in [1.82, 2.24) is 30.2 Å².